The lowest BCUT2D eigenvalue weighted by molar-refractivity contribution is 0.493. The van der Waals surface area contributed by atoms with Crippen LogP contribution in [0.3, 0.4) is 0 Å². The van der Waals surface area contributed by atoms with Crippen LogP contribution in [0.4, 0.5) is 5.82 Å². The Morgan fingerprint density at radius 1 is 1.19 bits per heavy atom. The number of nitrogens with zero attached hydrogens (tertiary/aromatic N) is 5. The van der Waals surface area contributed by atoms with Crippen LogP contribution in [0.2, 0.25) is 0 Å². The average molecular weight is 369 g/mol. The van der Waals surface area contributed by atoms with E-state index < -0.39 is 10.8 Å². The highest BCUT2D eigenvalue weighted by molar-refractivity contribution is 7.86. The topological polar surface area (TPSA) is 63.4 Å². The molecule has 3 heterocycles. The van der Waals surface area contributed by atoms with Gasteiger partial charge >= 0.3 is 0 Å². The summed E-state index contributed by atoms with van der Waals surface area (Å²) >= 11 is 0. The fourth-order valence-corrected chi connectivity index (χ4v) is 5.44. The first-order valence-electron chi connectivity index (χ1n) is 9.06. The Kier molecular flexibility index (Phi) is 4.48. The average Bonchev–Trinajstić information content (AvgIpc) is 3.17. The Labute approximate surface area is 155 Å². The molecule has 1 aliphatic rings. The summed E-state index contributed by atoms with van der Waals surface area (Å²) in [6.45, 7) is 5.79. The van der Waals surface area contributed by atoms with E-state index in [-0.39, 0.29) is 4.75 Å². The molecule has 1 aromatic carbocycles. The lowest BCUT2D eigenvalue weighted by atomic mass is 10.0. The van der Waals surface area contributed by atoms with Crippen LogP contribution in [0.25, 0.3) is 17.0 Å². The zero-order valence-electron chi connectivity index (χ0n) is 15.1. The predicted molar refractivity (Wildman–Crippen MR) is 105 cm³/mol. The molecule has 26 heavy (non-hydrogen) atoms. The molecule has 2 aromatic heterocycles. The highest BCUT2D eigenvalue weighted by Gasteiger charge is 2.39. The van der Waals surface area contributed by atoms with Crippen molar-refractivity contribution in [3.63, 3.8) is 0 Å². The van der Waals surface area contributed by atoms with Crippen molar-refractivity contribution in [1.82, 2.24) is 19.6 Å². The summed E-state index contributed by atoms with van der Waals surface area (Å²) < 4.78 is 14.3. The first kappa shape index (κ1) is 17.1. The van der Waals surface area contributed by atoms with Gasteiger partial charge in [0.15, 0.2) is 0 Å². The number of anilines is 1. The summed E-state index contributed by atoms with van der Waals surface area (Å²) in [7, 11) is -0.799. The third kappa shape index (κ3) is 2.80. The van der Waals surface area contributed by atoms with Gasteiger partial charge in [-0.15, -0.1) is 0 Å². The van der Waals surface area contributed by atoms with E-state index in [4.69, 9.17) is 0 Å². The van der Waals surface area contributed by atoms with Gasteiger partial charge < -0.3 is 4.90 Å². The number of rotatable bonds is 4. The highest BCUT2D eigenvalue weighted by Crippen LogP contribution is 2.32. The van der Waals surface area contributed by atoms with Crippen molar-refractivity contribution in [2.24, 2.45) is 0 Å². The van der Waals surface area contributed by atoms with Gasteiger partial charge in [-0.2, -0.15) is 14.6 Å². The summed E-state index contributed by atoms with van der Waals surface area (Å²) in [5.74, 6) is 2.24. The third-order valence-electron chi connectivity index (χ3n) is 5.42. The molecule has 0 bridgehead atoms. The molecule has 7 heteroatoms. The van der Waals surface area contributed by atoms with Gasteiger partial charge in [0.1, 0.15) is 12.1 Å². The molecule has 1 aliphatic heterocycles. The molecule has 0 radical (unpaired) electrons. The van der Waals surface area contributed by atoms with E-state index >= 15 is 0 Å². The van der Waals surface area contributed by atoms with Gasteiger partial charge in [0.25, 0.3) is 5.78 Å². The lowest BCUT2D eigenvalue weighted by Crippen LogP contribution is -2.53. The molecule has 0 spiro atoms. The van der Waals surface area contributed by atoms with E-state index in [0.717, 1.165) is 43.0 Å². The smallest absolute Gasteiger partial charge is 0.254 e. The second kappa shape index (κ2) is 6.79. The summed E-state index contributed by atoms with van der Waals surface area (Å²) in [5.41, 5.74) is 1.93. The van der Waals surface area contributed by atoms with Crippen molar-refractivity contribution in [2.45, 2.75) is 31.4 Å². The van der Waals surface area contributed by atoms with Gasteiger partial charge in [-0.1, -0.05) is 44.2 Å². The van der Waals surface area contributed by atoms with Crippen molar-refractivity contribution in [2.75, 3.05) is 23.7 Å². The monoisotopic (exact) mass is 369 g/mol. The van der Waals surface area contributed by atoms with E-state index in [1.54, 1.807) is 4.52 Å². The molecule has 1 fully saturated rings. The number of hydrogen-bond donors (Lipinski definition) is 0. The van der Waals surface area contributed by atoms with Gasteiger partial charge in [-0.25, -0.2) is 4.98 Å². The number of aromatic nitrogens is 4. The Bertz CT molecular complexity index is 936. The Hall–Kier alpha value is -2.28. The second-order valence-corrected chi connectivity index (χ2v) is 8.66. The first-order chi connectivity index (χ1) is 12.7. The van der Waals surface area contributed by atoms with Crippen LogP contribution in [0, 0.1) is 0 Å². The molecule has 0 amide bonds. The number of benzene rings is 1. The van der Waals surface area contributed by atoms with Crippen molar-refractivity contribution >= 4 is 22.4 Å². The number of fused-ring (bicyclic) bond motifs is 1. The van der Waals surface area contributed by atoms with Crippen LogP contribution in [0.1, 0.15) is 26.7 Å². The van der Waals surface area contributed by atoms with Gasteiger partial charge in [-0.05, 0) is 12.8 Å². The SMILES string of the molecule is CCC1(CC)CN(c2cc(-c3ccccc3)nc3ncnn23)CCS1=O. The van der Waals surface area contributed by atoms with E-state index in [2.05, 4.69) is 39.9 Å². The van der Waals surface area contributed by atoms with Crippen LogP contribution in [0.5, 0.6) is 0 Å². The van der Waals surface area contributed by atoms with Gasteiger partial charge in [-0.3, -0.25) is 4.21 Å². The summed E-state index contributed by atoms with van der Waals surface area (Å²) in [5, 5.41) is 4.37. The van der Waals surface area contributed by atoms with Gasteiger partial charge in [0.05, 0.1) is 10.4 Å². The minimum absolute atomic E-state index is 0.165. The van der Waals surface area contributed by atoms with Crippen LogP contribution in [-0.4, -0.2) is 47.4 Å². The molecule has 136 valence electrons. The summed E-state index contributed by atoms with van der Waals surface area (Å²) in [4.78, 5) is 11.3. The van der Waals surface area contributed by atoms with Crippen molar-refractivity contribution in [3.8, 4) is 11.3 Å². The second-order valence-electron chi connectivity index (χ2n) is 6.70. The largest absolute Gasteiger partial charge is 0.354 e. The molecular formula is C19H23N5OS. The Morgan fingerprint density at radius 3 is 2.69 bits per heavy atom. The van der Waals surface area contributed by atoms with Crippen molar-refractivity contribution in [1.29, 1.82) is 0 Å². The molecule has 0 N–H and O–H groups in total. The quantitative estimate of drug-likeness (QED) is 0.707. The molecule has 1 unspecified atom stereocenters. The van der Waals surface area contributed by atoms with Crippen LogP contribution >= 0.6 is 0 Å². The Morgan fingerprint density at radius 2 is 1.96 bits per heavy atom. The third-order valence-corrected chi connectivity index (χ3v) is 7.65. The summed E-state index contributed by atoms with van der Waals surface area (Å²) in [6, 6.07) is 12.2. The van der Waals surface area contributed by atoms with Gasteiger partial charge in [0.2, 0.25) is 0 Å². The molecule has 1 saturated heterocycles. The van der Waals surface area contributed by atoms with Gasteiger partial charge in [0, 0.05) is 41.3 Å². The maximum Gasteiger partial charge on any atom is 0.254 e. The predicted octanol–water partition coefficient (Wildman–Crippen LogP) is 2.92. The highest BCUT2D eigenvalue weighted by atomic mass is 32.2. The van der Waals surface area contributed by atoms with Crippen LogP contribution < -0.4 is 4.90 Å². The standard InChI is InChI=1S/C19H23N5OS/c1-3-19(4-2)13-23(10-11-26(19)25)17-12-16(15-8-6-5-7-9-15)22-18-20-14-21-24(17)18/h5-9,12,14H,3-4,10-11,13H2,1-2H3. The maximum absolute atomic E-state index is 12.7. The van der Waals surface area contributed by atoms with Crippen LogP contribution in [-0.2, 0) is 10.8 Å². The number of hydrogen-bond acceptors (Lipinski definition) is 5. The van der Waals surface area contributed by atoms with E-state index in [1.165, 1.54) is 6.33 Å². The maximum atomic E-state index is 12.7. The molecule has 4 rings (SSSR count). The lowest BCUT2D eigenvalue weighted by Gasteiger charge is -2.42. The molecule has 3 aromatic rings. The van der Waals surface area contributed by atoms with Crippen LogP contribution in [0.15, 0.2) is 42.7 Å². The molecule has 0 saturated carbocycles. The van der Waals surface area contributed by atoms with E-state index in [0.29, 0.717) is 11.5 Å². The fourth-order valence-electron chi connectivity index (χ4n) is 3.68. The molecular weight excluding hydrogens is 346 g/mol. The normalized spacial score (nSPS) is 19.8. The van der Waals surface area contributed by atoms with Crippen molar-refractivity contribution < 1.29 is 4.21 Å². The minimum atomic E-state index is -0.799. The van der Waals surface area contributed by atoms with Crippen molar-refractivity contribution in [3.05, 3.63) is 42.7 Å². The molecule has 1 atom stereocenters. The first-order valence-corrected chi connectivity index (χ1v) is 10.4. The summed E-state index contributed by atoms with van der Waals surface area (Å²) in [6.07, 6.45) is 3.35. The minimum Gasteiger partial charge on any atom is -0.354 e. The zero-order chi connectivity index (χ0) is 18.1. The van der Waals surface area contributed by atoms with E-state index in [1.807, 2.05) is 30.3 Å². The zero-order valence-corrected chi connectivity index (χ0v) is 15.9. The Balaban J connectivity index is 1.81. The fraction of sp³-hybridized carbons (Fsp3) is 0.421. The van der Waals surface area contributed by atoms with E-state index in [9.17, 15) is 4.21 Å². The molecule has 6 nitrogen and oxygen atoms in total. The molecule has 0 aliphatic carbocycles.